The minimum Gasteiger partial charge on any atom is -0.329 e. The Labute approximate surface area is 92.1 Å². The fourth-order valence-corrected chi connectivity index (χ4v) is 1.59. The summed E-state index contributed by atoms with van der Waals surface area (Å²) in [5.41, 5.74) is 8.16. The summed E-state index contributed by atoms with van der Waals surface area (Å²) in [4.78, 5) is 0. The van der Waals surface area contributed by atoms with Gasteiger partial charge in [-0.1, -0.05) is 38.1 Å². The molecule has 1 aromatic carbocycles. The highest BCUT2D eigenvalue weighted by Gasteiger charge is 2.05. The molecule has 2 heteroatoms. The molecular formula is C12H19NS. The van der Waals surface area contributed by atoms with E-state index in [1.165, 1.54) is 17.5 Å². The lowest BCUT2D eigenvalue weighted by Crippen LogP contribution is -2.06. The summed E-state index contributed by atoms with van der Waals surface area (Å²) in [6.45, 7) is 5.04. The molecule has 78 valence electrons. The molecule has 0 bridgehead atoms. The van der Waals surface area contributed by atoms with Crippen LogP contribution in [-0.2, 0) is 0 Å². The van der Waals surface area contributed by atoms with Gasteiger partial charge in [-0.3, -0.25) is 0 Å². The van der Waals surface area contributed by atoms with Crippen LogP contribution < -0.4 is 5.73 Å². The summed E-state index contributed by atoms with van der Waals surface area (Å²) in [5, 5.41) is 0.168. The minimum absolute atomic E-state index is 0.168. The topological polar surface area (TPSA) is 26.0 Å². The Kier molecular flexibility index (Phi) is 4.49. The van der Waals surface area contributed by atoms with Crippen LogP contribution in [0.4, 0.5) is 0 Å². The molecule has 0 aliphatic heterocycles. The molecule has 2 atom stereocenters. The summed E-state index contributed by atoms with van der Waals surface area (Å²) in [5.74, 6) is 0.639. The van der Waals surface area contributed by atoms with E-state index in [9.17, 15) is 0 Å². The Bertz CT molecular complexity index is 239. The van der Waals surface area contributed by atoms with Crippen molar-refractivity contribution in [2.75, 3.05) is 6.54 Å². The van der Waals surface area contributed by atoms with Crippen molar-refractivity contribution in [1.82, 2.24) is 0 Å². The summed E-state index contributed by atoms with van der Waals surface area (Å²) in [6.07, 6.45) is 1.18. The monoisotopic (exact) mass is 209 g/mol. The molecule has 2 unspecified atom stereocenters. The van der Waals surface area contributed by atoms with Crippen LogP contribution in [0, 0.1) is 0 Å². The van der Waals surface area contributed by atoms with Crippen LogP contribution in [0.5, 0.6) is 0 Å². The third-order valence-electron chi connectivity index (χ3n) is 2.73. The van der Waals surface area contributed by atoms with Crippen molar-refractivity contribution < 1.29 is 0 Å². The third kappa shape index (κ3) is 2.76. The molecule has 0 heterocycles. The van der Waals surface area contributed by atoms with Gasteiger partial charge in [-0.2, -0.15) is 12.6 Å². The second kappa shape index (κ2) is 5.42. The van der Waals surface area contributed by atoms with Crippen molar-refractivity contribution in [3.8, 4) is 0 Å². The molecule has 0 spiro atoms. The Hall–Kier alpha value is -0.470. The van der Waals surface area contributed by atoms with E-state index in [-0.39, 0.29) is 5.25 Å². The van der Waals surface area contributed by atoms with Crippen LogP contribution in [0.1, 0.15) is 42.6 Å². The summed E-state index contributed by atoms with van der Waals surface area (Å²) in [6, 6.07) is 8.63. The Balaban J connectivity index is 2.78. The van der Waals surface area contributed by atoms with E-state index in [4.69, 9.17) is 5.73 Å². The molecule has 14 heavy (non-hydrogen) atoms. The van der Waals surface area contributed by atoms with Crippen molar-refractivity contribution in [3.63, 3.8) is 0 Å². The number of rotatable bonds is 4. The van der Waals surface area contributed by atoms with Crippen LogP contribution in [0.3, 0.4) is 0 Å². The van der Waals surface area contributed by atoms with E-state index in [1.807, 2.05) is 0 Å². The van der Waals surface area contributed by atoms with Gasteiger partial charge < -0.3 is 5.73 Å². The lowest BCUT2D eigenvalue weighted by molar-refractivity contribution is 0.733. The second-order valence-corrected chi connectivity index (χ2v) is 4.35. The first kappa shape index (κ1) is 11.6. The largest absolute Gasteiger partial charge is 0.329 e. The van der Waals surface area contributed by atoms with Gasteiger partial charge in [0.25, 0.3) is 0 Å². The molecule has 0 saturated heterocycles. The summed E-state index contributed by atoms with van der Waals surface area (Å²) < 4.78 is 0. The number of nitrogens with two attached hydrogens (primary N) is 1. The van der Waals surface area contributed by atoms with E-state index in [1.54, 1.807) is 0 Å². The molecule has 0 fully saturated rings. The highest BCUT2D eigenvalue weighted by molar-refractivity contribution is 7.80. The average molecular weight is 209 g/mol. The quantitative estimate of drug-likeness (QED) is 0.732. The molecule has 0 aliphatic carbocycles. The van der Waals surface area contributed by atoms with Gasteiger partial charge in [-0.25, -0.2) is 0 Å². The van der Waals surface area contributed by atoms with Gasteiger partial charge in [-0.15, -0.1) is 0 Å². The van der Waals surface area contributed by atoms with Gasteiger partial charge in [0, 0.05) is 11.8 Å². The highest BCUT2D eigenvalue weighted by atomic mass is 32.1. The van der Waals surface area contributed by atoms with E-state index in [2.05, 4.69) is 50.7 Å². The zero-order valence-electron chi connectivity index (χ0n) is 8.90. The smallest absolute Gasteiger partial charge is 0.0389 e. The molecule has 0 radical (unpaired) electrons. The maximum Gasteiger partial charge on any atom is 0.0389 e. The number of hydrogen-bond acceptors (Lipinski definition) is 2. The molecule has 0 aromatic heterocycles. The first-order valence-corrected chi connectivity index (χ1v) is 5.68. The van der Waals surface area contributed by atoms with Gasteiger partial charge in [-0.05, 0) is 23.5 Å². The molecule has 1 rings (SSSR count). The highest BCUT2D eigenvalue weighted by Crippen LogP contribution is 2.23. The van der Waals surface area contributed by atoms with Gasteiger partial charge in [0.05, 0.1) is 0 Å². The van der Waals surface area contributed by atoms with Gasteiger partial charge in [0.2, 0.25) is 0 Å². The van der Waals surface area contributed by atoms with Crippen molar-refractivity contribution in [2.45, 2.75) is 31.4 Å². The molecule has 1 aromatic rings. The molecule has 1 nitrogen and oxygen atoms in total. The fraction of sp³-hybridized carbons (Fsp3) is 0.500. The SMILES string of the molecule is CCC(C)c1ccc(C(S)CN)cc1. The lowest BCUT2D eigenvalue weighted by atomic mass is 9.97. The first-order chi connectivity index (χ1) is 6.69. The Morgan fingerprint density at radius 2 is 1.71 bits per heavy atom. The molecular weight excluding hydrogens is 190 g/mol. The molecule has 0 aliphatic rings. The maximum absolute atomic E-state index is 5.55. The molecule has 0 amide bonds. The zero-order chi connectivity index (χ0) is 10.6. The van der Waals surface area contributed by atoms with Gasteiger partial charge >= 0.3 is 0 Å². The summed E-state index contributed by atoms with van der Waals surface area (Å²) >= 11 is 4.40. The van der Waals surface area contributed by atoms with E-state index in [0.29, 0.717) is 12.5 Å². The second-order valence-electron chi connectivity index (χ2n) is 3.73. The van der Waals surface area contributed by atoms with Crippen LogP contribution in [0.15, 0.2) is 24.3 Å². The van der Waals surface area contributed by atoms with E-state index in [0.717, 1.165) is 0 Å². The molecule has 2 N–H and O–H groups in total. The molecule has 0 saturated carbocycles. The van der Waals surface area contributed by atoms with Crippen LogP contribution in [0.25, 0.3) is 0 Å². The van der Waals surface area contributed by atoms with Crippen molar-refractivity contribution in [2.24, 2.45) is 5.73 Å². The van der Waals surface area contributed by atoms with E-state index < -0.39 is 0 Å². The van der Waals surface area contributed by atoms with Gasteiger partial charge in [0.15, 0.2) is 0 Å². The Morgan fingerprint density at radius 1 is 1.21 bits per heavy atom. The van der Waals surface area contributed by atoms with Gasteiger partial charge in [0.1, 0.15) is 0 Å². The van der Waals surface area contributed by atoms with Crippen LogP contribution in [0.2, 0.25) is 0 Å². The summed E-state index contributed by atoms with van der Waals surface area (Å²) in [7, 11) is 0. The van der Waals surface area contributed by atoms with Crippen molar-refractivity contribution in [1.29, 1.82) is 0 Å². The number of hydrogen-bond donors (Lipinski definition) is 2. The fourth-order valence-electron chi connectivity index (χ4n) is 1.42. The lowest BCUT2D eigenvalue weighted by Gasteiger charge is -2.12. The van der Waals surface area contributed by atoms with E-state index >= 15 is 0 Å². The maximum atomic E-state index is 5.55. The number of thiol groups is 1. The van der Waals surface area contributed by atoms with Crippen molar-refractivity contribution in [3.05, 3.63) is 35.4 Å². The average Bonchev–Trinajstić information content (AvgIpc) is 2.27. The number of benzene rings is 1. The minimum atomic E-state index is 0.168. The van der Waals surface area contributed by atoms with Crippen LogP contribution >= 0.6 is 12.6 Å². The third-order valence-corrected chi connectivity index (χ3v) is 3.23. The normalized spacial score (nSPS) is 15.1. The predicted octanol–water partition coefficient (Wildman–Crippen LogP) is 3.13. The first-order valence-electron chi connectivity index (χ1n) is 5.17. The van der Waals surface area contributed by atoms with Crippen molar-refractivity contribution >= 4 is 12.6 Å². The predicted molar refractivity (Wildman–Crippen MR) is 65.9 cm³/mol. The standard InChI is InChI=1S/C12H19NS/c1-3-9(2)10-4-6-11(7-5-10)12(14)8-13/h4-7,9,12,14H,3,8,13H2,1-2H3. The zero-order valence-corrected chi connectivity index (χ0v) is 9.80. The van der Waals surface area contributed by atoms with Crippen LogP contribution in [-0.4, -0.2) is 6.54 Å². The Morgan fingerprint density at radius 3 is 2.14 bits per heavy atom.